The molecular formula is C16H21N3O. The van der Waals surface area contributed by atoms with Gasteiger partial charge in [0.15, 0.2) is 0 Å². The number of ether oxygens (including phenoxy) is 1. The molecule has 0 saturated carbocycles. The monoisotopic (exact) mass is 271 g/mol. The third kappa shape index (κ3) is 3.48. The van der Waals surface area contributed by atoms with E-state index in [2.05, 4.69) is 27.3 Å². The lowest BCUT2D eigenvalue weighted by Crippen LogP contribution is -2.18. The molecule has 1 heterocycles. The number of hydrogen-bond donors (Lipinski definition) is 1. The number of hydrogen-bond acceptors (Lipinski definition) is 4. The highest BCUT2D eigenvalue weighted by Crippen LogP contribution is 2.27. The first-order valence-corrected chi connectivity index (χ1v) is 6.67. The van der Waals surface area contributed by atoms with Crippen LogP contribution in [0.3, 0.4) is 0 Å². The van der Waals surface area contributed by atoms with Crippen LogP contribution in [0.25, 0.3) is 0 Å². The Morgan fingerprint density at radius 3 is 2.65 bits per heavy atom. The Morgan fingerprint density at radius 2 is 2.00 bits per heavy atom. The lowest BCUT2D eigenvalue weighted by atomic mass is 10.2. The van der Waals surface area contributed by atoms with E-state index in [4.69, 9.17) is 4.74 Å². The number of anilines is 1. The van der Waals surface area contributed by atoms with Gasteiger partial charge in [0, 0.05) is 19.8 Å². The van der Waals surface area contributed by atoms with Gasteiger partial charge in [-0.3, -0.25) is 4.98 Å². The highest BCUT2D eigenvalue weighted by molar-refractivity contribution is 5.57. The maximum atomic E-state index is 5.38. The highest BCUT2D eigenvalue weighted by Gasteiger charge is 2.08. The minimum absolute atomic E-state index is 0.750. The summed E-state index contributed by atoms with van der Waals surface area (Å²) in [4.78, 5) is 6.63. The number of para-hydroxylation sites is 2. The number of pyridine rings is 1. The summed E-state index contributed by atoms with van der Waals surface area (Å²) >= 11 is 0. The van der Waals surface area contributed by atoms with Gasteiger partial charge in [-0.05, 0) is 30.8 Å². The minimum Gasteiger partial charge on any atom is -0.495 e. The second kappa shape index (κ2) is 6.91. The molecule has 1 N–H and O–H groups in total. The van der Waals surface area contributed by atoms with Crippen LogP contribution in [0.2, 0.25) is 0 Å². The van der Waals surface area contributed by atoms with Crippen LogP contribution in [-0.2, 0) is 13.1 Å². The van der Waals surface area contributed by atoms with Crippen molar-refractivity contribution < 1.29 is 4.74 Å². The summed E-state index contributed by atoms with van der Waals surface area (Å²) in [5, 5.41) is 3.12. The van der Waals surface area contributed by atoms with Gasteiger partial charge in [-0.25, -0.2) is 0 Å². The Bertz CT molecular complexity index is 540. The molecule has 0 fully saturated rings. The standard InChI is InChI=1S/C16H21N3O/c1-17-10-13-8-9-14(18-11-13)12-19(2)15-6-4-5-7-16(15)20-3/h4-9,11,17H,10,12H2,1-3H3. The summed E-state index contributed by atoms with van der Waals surface area (Å²) in [6, 6.07) is 12.2. The first kappa shape index (κ1) is 14.3. The molecule has 0 radical (unpaired) electrons. The van der Waals surface area contributed by atoms with Crippen molar-refractivity contribution in [2.24, 2.45) is 0 Å². The van der Waals surface area contributed by atoms with E-state index in [9.17, 15) is 0 Å². The van der Waals surface area contributed by atoms with E-state index in [-0.39, 0.29) is 0 Å². The van der Waals surface area contributed by atoms with Gasteiger partial charge < -0.3 is 15.0 Å². The molecule has 106 valence electrons. The third-order valence-electron chi connectivity index (χ3n) is 3.16. The van der Waals surface area contributed by atoms with Crippen LogP contribution in [0.4, 0.5) is 5.69 Å². The molecule has 0 saturated heterocycles. The van der Waals surface area contributed by atoms with E-state index in [0.29, 0.717) is 0 Å². The molecule has 1 aromatic carbocycles. The zero-order valence-electron chi connectivity index (χ0n) is 12.3. The Morgan fingerprint density at radius 1 is 1.20 bits per heavy atom. The van der Waals surface area contributed by atoms with Crippen molar-refractivity contribution in [3.8, 4) is 5.75 Å². The number of nitrogens with one attached hydrogen (secondary N) is 1. The van der Waals surface area contributed by atoms with E-state index >= 15 is 0 Å². The Labute approximate surface area is 120 Å². The molecule has 2 rings (SSSR count). The number of methoxy groups -OCH3 is 1. The van der Waals surface area contributed by atoms with Crippen LogP contribution in [0.1, 0.15) is 11.3 Å². The van der Waals surface area contributed by atoms with Crippen LogP contribution in [0.15, 0.2) is 42.6 Å². The largest absolute Gasteiger partial charge is 0.495 e. The normalized spacial score (nSPS) is 10.3. The van der Waals surface area contributed by atoms with Gasteiger partial charge in [0.25, 0.3) is 0 Å². The van der Waals surface area contributed by atoms with Crippen LogP contribution >= 0.6 is 0 Å². The van der Waals surface area contributed by atoms with Crippen molar-refractivity contribution >= 4 is 5.69 Å². The third-order valence-corrected chi connectivity index (χ3v) is 3.16. The van der Waals surface area contributed by atoms with Crippen LogP contribution in [0, 0.1) is 0 Å². The van der Waals surface area contributed by atoms with E-state index in [1.54, 1.807) is 7.11 Å². The number of nitrogens with zero attached hydrogens (tertiary/aromatic N) is 2. The Kier molecular flexibility index (Phi) is 4.96. The average Bonchev–Trinajstić information content (AvgIpc) is 2.49. The van der Waals surface area contributed by atoms with Gasteiger partial charge in [-0.1, -0.05) is 18.2 Å². The van der Waals surface area contributed by atoms with Crippen molar-refractivity contribution in [3.05, 3.63) is 53.9 Å². The lowest BCUT2D eigenvalue weighted by molar-refractivity contribution is 0.414. The molecule has 0 atom stereocenters. The molecule has 20 heavy (non-hydrogen) atoms. The predicted molar refractivity (Wildman–Crippen MR) is 82.1 cm³/mol. The van der Waals surface area contributed by atoms with Gasteiger partial charge in [0.1, 0.15) is 5.75 Å². The molecule has 0 spiro atoms. The van der Waals surface area contributed by atoms with E-state index in [1.807, 2.05) is 44.6 Å². The zero-order valence-corrected chi connectivity index (χ0v) is 12.3. The quantitative estimate of drug-likeness (QED) is 0.875. The molecule has 4 heteroatoms. The fourth-order valence-electron chi connectivity index (χ4n) is 2.13. The Hall–Kier alpha value is -2.07. The first-order valence-electron chi connectivity index (χ1n) is 6.67. The van der Waals surface area contributed by atoms with Crippen LogP contribution < -0.4 is 15.0 Å². The van der Waals surface area contributed by atoms with Crippen LogP contribution in [-0.4, -0.2) is 26.2 Å². The van der Waals surface area contributed by atoms with Crippen molar-refractivity contribution in [1.29, 1.82) is 0 Å². The van der Waals surface area contributed by atoms with Crippen molar-refractivity contribution in [2.75, 3.05) is 26.1 Å². The maximum Gasteiger partial charge on any atom is 0.142 e. The smallest absolute Gasteiger partial charge is 0.142 e. The molecular weight excluding hydrogens is 250 g/mol. The summed E-state index contributed by atoms with van der Waals surface area (Å²) < 4.78 is 5.38. The molecule has 0 amide bonds. The molecule has 1 aromatic heterocycles. The Balaban J connectivity index is 2.08. The summed E-state index contributed by atoms with van der Waals surface area (Å²) in [7, 11) is 5.67. The van der Waals surface area contributed by atoms with Crippen molar-refractivity contribution in [1.82, 2.24) is 10.3 Å². The fraction of sp³-hybridized carbons (Fsp3) is 0.312. The molecule has 0 aliphatic rings. The van der Waals surface area contributed by atoms with Gasteiger partial charge in [0.2, 0.25) is 0 Å². The molecule has 4 nitrogen and oxygen atoms in total. The predicted octanol–water partition coefficient (Wildman–Crippen LogP) is 2.45. The van der Waals surface area contributed by atoms with Crippen molar-refractivity contribution in [3.63, 3.8) is 0 Å². The number of rotatable bonds is 6. The molecule has 0 aliphatic carbocycles. The second-order valence-corrected chi connectivity index (χ2v) is 4.72. The fourth-order valence-corrected chi connectivity index (χ4v) is 2.13. The van der Waals surface area contributed by atoms with Crippen LogP contribution in [0.5, 0.6) is 5.75 Å². The van der Waals surface area contributed by atoms with Crippen molar-refractivity contribution in [2.45, 2.75) is 13.1 Å². The number of aromatic nitrogens is 1. The van der Waals surface area contributed by atoms with Gasteiger partial charge in [-0.2, -0.15) is 0 Å². The molecule has 0 bridgehead atoms. The van der Waals surface area contributed by atoms with Gasteiger partial charge >= 0.3 is 0 Å². The maximum absolute atomic E-state index is 5.38. The second-order valence-electron chi connectivity index (χ2n) is 4.72. The first-order chi connectivity index (χ1) is 9.74. The minimum atomic E-state index is 0.750. The summed E-state index contributed by atoms with van der Waals surface area (Å²) in [6.45, 7) is 1.59. The summed E-state index contributed by atoms with van der Waals surface area (Å²) in [5.41, 5.74) is 3.30. The highest BCUT2D eigenvalue weighted by atomic mass is 16.5. The SMILES string of the molecule is CNCc1ccc(CN(C)c2ccccc2OC)nc1. The van der Waals surface area contributed by atoms with E-state index < -0.39 is 0 Å². The molecule has 0 unspecified atom stereocenters. The summed E-state index contributed by atoms with van der Waals surface area (Å²) in [6.07, 6.45) is 1.92. The van der Waals surface area contributed by atoms with Gasteiger partial charge in [-0.15, -0.1) is 0 Å². The van der Waals surface area contributed by atoms with Gasteiger partial charge in [0.05, 0.1) is 25.0 Å². The average molecular weight is 271 g/mol. The zero-order chi connectivity index (χ0) is 14.4. The summed E-state index contributed by atoms with van der Waals surface area (Å²) in [5.74, 6) is 0.877. The topological polar surface area (TPSA) is 37.4 Å². The molecule has 2 aromatic rings. The van der Waals surface area contributed by atoms with E-state index in [1.165, 1.54) is 5.56 Å². The lowest BCUT2D eigenvalue weighted by Gasteiger charge is -2.21. The van der Waals surface area contributed by atoms with E-state index in [0.717, 1.165) is 30.2 Å². The molecule has 0 aliphatic heterocycles. The number of benzene rings is 1.